The zero-order chi connectivity index (χ0) is 20.5. The first kappa shape index (κ1) is 18.7. The molecule has 7 nitrogen and oxygen atoms in total. The number of aromatic nitrogens is 4. The fourth-order valence-electron chi connectivity index (χ4n) is 3.32. The van der Waals surface area contributed by atoms with Gasteiger partial charge >= 0.3 is 0 Å². The molecule has 0 bridgehead atoms. The summed E-state index contributed by atoms with van der Waals surface area (Å²) in [7, 11) is 0. The molecule has 0 amide bonds. The lowest BCUT2D eigenvalue weighted by molar-refractivity contribution is 0.0686. The highest BCUT2D eigenvalue weighted by Crippen LogP contribution is 2.36. The molecule has 1 aliphatic heterocycles. The Kier molecular flexibility index (Phi) is 4.92. The molecule has 152 valence electrons. The van der Waals surface area contributed by atoms with Crippen LogP contribution in [0.15, 0.2) is 64.2 Å². The van der Waals surface area contributed by atoms with E-state index in [2.05, 4.69) is 52.6 Å². The molecule has 0 fully saturated rings. The molecular weight excluding hydrogens is 400 g/mol. The van der Waals surface area contributed by atoms with E-state index in [1.165, 1.54) is 11.8 Å². The lowest BCUT2D eigenvalue weighted by Gasteiger charge is -2.23. The standard InChI is InChI=1S/C22H20N4O3S/c1-14-11-15(2)26(25-14)17-9-7-16(8-10-17)13-30-22-24-23-21(29-22)20-12-27-18-5-3-4-6-19(18)28-20/h3-11,20H,12-13H2,1-2H3. The average Bonchev–Trinajstić information content (AvgIpc) is 3.38. The van der Waals surface area contributed by atoms with E-state index in [1.807, 2.05) is 35.9 Å². The summed E-state index contributed by atoms with van der Waals surface area (Å²) in [4.78, 5) is 0. The quantitative estimate of drug-likeness (QED) is 0.434. The first-order valence-electron chi connectivity index (χ1n) is 9.63. The van der Waals surface area contributed by atoms with E-state index < -0.39 is 6.10 Å². The van der Waals surface area contributed by atoms with Crippen molar-refractivity contribution in [3.63, 3.8) is 0 Å². The van der Waals surface area contributed by atoms with E-state index in [4.69, 9.17) is 13.9 Å². The van der Waals surface area contributed by atoms with Crippen molar-refractivity contribution in [2.45, 2.75) is 30.9 Å². The van der Waals surface area contributed by atoms with Crippen LogP contribution in [-0.4, -0.2) is 26.6 Å². The van der Waals surface area contributed by atoms with Crippen LogP contribution in [0.1, 0.15) is 28.9 Å². The number of nitrogens with zero attached hydrogens (tertiary/aromatic N) is 4. The Hall–Kier alpha value is -3.26. The van der Waals surface area contributed by atoms with Gasteiger partial charge in [-0.3, -0.25) is 0 Å². The molecule has 0 saturated heterocycles. The van der Waals surface area contributed by atoms with E-state index in [1.54, 1.807) is 0 Å². The van der Waals surface area contributed by atoms with Gasteiger partial charge in [-0.15, -0.1) is 10.2 Å². The Morgan fingerprint density at radius 2 is 1.83 bits per heavy atom. The summed E-state index contributed by atoms with van der Waals surface area (Å²) >= 11 is 1.49. The molecule has 0 radical (unpaired) electrons. The topological polar surface area (TPSA) is 75.2 Å². The largest absolute Gasteiger partial charge is 0.485 e. The fraction of sp³-hybridized carbons (Fsp3) is 0.227. The van der Waals surface area contributed by atoms with Gasteiger partial charge < -0.3 is 13.9 Å². The van der Waals surface area contributed by atoms with Crippen molar-refractivity contribution in [3.8, 4) is 17.2 Å². The summed E-state index contributed by atoms with van der Waals surface area (Å²) in [5.41, 5.74) is 4.33. The fourth-order valence-corrected chi connectivity index (χ4v) is 4.04. The summed E-state index contributed by atoms with van der Waals surface area (Å²) in [6, 6.07) is 17.9. The third-order valence-corrected chi connectivity index (χ3v) is 5.65. The van der Waals surface area contributed by atoms with Crippen molar-refractivity contribution in [2.24, 2.45) is 0 Å². The number of aryl methyl sites for hydroxylation is 2. The lowest BCUT2D eigenvalue weighted by atomic mass is 10.2. The second-order valence-corrected chi connectivity index (χ2v) is 7.99. The van der Waals surface area contributed by atoms with Crippen LogP contribution in [0.3, 0.4) is 0 Å². The molecule has 2 aromatic carbocycles. The molecule has 30 heavy (non-hydrogen) atoms. The molecule has 2 aromatic heterocycles. The van der Waals surface area contributed by atoms with Crippen molar-refractivity contribution in [1.82, 2.24) is 20.0 Å². The first-order valence-corrected chi connectivity index (χ1v) is 10.6. The molecule has 8 heteroatoms. The molecular formula is C22H20N4O3S. The van der Waals surface area contributed by atoms with Crippen LogP contribution in [0, 0.1) is 13.8 Å². The minimum absolute atomic E-state index is 0.344. The molecule has 0 saturated carbocycles. The highest BCUT2D eigenvalue weighted by molar-refractivity contribution is 7.98. The Labute approximate surface area is 178 Å². The SMILES string of the molecule is Cc1cc(C)n(-c2ccc(CSc3nnc(C4COc5ccccc5O4)o3)cc2)n1. The van der Waals surface area contributed by atoms with Gasteiger partial charge in [-0.05, 0) is 49.7 Å². The van der Waals surface area contributed by atoms with Crippen molar-refractivity contribution in [3.05, 3.63) is 77.4 Å². The Morgan fingerprint density at radius 1 is 1.03 bits per heavy atom. The van der Waals surface area contributed by atoms with Gasteiger partial charge in [0.2, 0.25) is 6.10 Å². The molecule has 1 atom stereocenters. The maximum Gasteiger partial charge on any atom is 0.277 e. The van der Waals surface area contributed by atoms with Crippen molar-refractivity contribution >= 4 is 11.8 Å². The third-order valence-electron chi connectivity index (χ3n) is 4.76. The minimum atomic E-state index is -0.401. The van der Waals surface area contributed by atoms with E-state index in [0.717, 1.165) is 34.1 Å². The molecule has 3 heterocycles. The summed E-state index contributed by atoms with van der Waals surface area (Å²) in [5.74, 6) is 2.56. The maximum absolute atomic E-state index is 5.92. The molecule has 5 rings (SSSR count). The highest BCUT2D eigenvalue weighted by atomic mass is 32.2. The molecule has 4 aromatic rings. The zero-order valence-electron chi connectivity index (χ0n) is 16.6. The molecule has 0 N–H and O–H groups in total. The van der Waals surface area contributed by atoms with Crippen LogP contribution in [0.2, 0.25) is 0 Å². The summed E-state index contributed by atoms with van der Waals surface area (Å²) in [6.07, 6.45) is -0.401. The number of hydrogen-bond acceptors (Lipinski definition) is 7. The van der Waals surface area contributed by atoms with Gasteiger partial charge in [-0.25, -0.2) is 4.68 Å². The monoisotopic (exact) mass is 420 g/mol. The van der Waals surface area contributed by atoms with Crippen LogP contribution in [0.4, 0.5) is 0 Å². The number of rotatable bonds is 5. The number of para-hydroxylation sites is 2. The summed E-state index contributed by atoms with van der Waals surface area (Å²) < 4.78 is 19.4. The van der Waals surface area contributed by atoms with Gasteiger partial charge in [-0.2, -0.15) is 5.10 Å². The van der Waals surface area contributed by atoms with Crippen molar-refractivity contribution < 1.29 is 13.9 Å². The zero-order valence-corrected chi connectivity index (χ0v) is 17.4. The van der Waals surface area contributed by atoms with E-state index in [0.29, 0.717) is 23.5 Å². The van der Waals surface area contributed by atoms with Gasteiger partial charge in [0.15, 0.2) is 11.5 Å². The maximum atomic E-state index is 5.92. The van der Waals surface area contributed by atoms with Crippen LogP contribution in [-0.2, 0) is 5.75 Å². The molecule has 0 aliphatic carbocycles. The second kappa shape index (κ2) is 7.87. The average molecular weight is 420 g/mol. The molecule has 1 aliphatic rings. The van der Waals surface area contributed by atoms with Crippen LogP contribution in [0.25, 0.3) is 5.69 Å². The lowest BCUT2D eigenvalue weighted by Crippen LogP contribution is -2.21. The van der Waals surface area contributed by atoms with E-state index in [9.17, 15) is 0 Å². The predicted molar refractivity (Wildman–Crippen MR) is 112 cm³/mol. The number of fused-ring (bicyclic) bond motifs is 1. The third kappa shape index (κ3) is 3.78. The van der Waals surface area contributed by atoms with Crippen LogP contribution >= 0.6 is 11.8 Å². The Bertz CT molecular complexity index is 1170. The Morgan fingerprint density at radius 3 is 2.60 bits per heavy atom. The van der Waals surface area contributed by atoms with Gasteiger partial charge in [-0.1, -0.05) is 36.0 Å². The van der Waals surface area contributed by atoms with Gasteiger partial charge in [0.1, 0.15) is 6.61 Å². The number of hydrogen-bond donors (Lipinski definition) is 0. The van der Waals surface area contributed by atoms with Crippen LogP contribution in [0.5, 0.6) is 11.5 Å². The van der Waals surface area contributed by atoms with Gasteiger partial charge in [0, 0.05) is 11.4 Å². The normalized spacial score (nSPS) is 15.3. The first-order chi connectivity index (χ1) is 14.7. The smallest absolute Gasteiger partial charge is 0.277 e. The highest BCUT2D eigenvalue weighted by Gasteiger charge is 2.27. The summed E-state index contributed by atoms with van der Waals surface area (Å²) in [6.45, 7) is 4.39. The summed E-state index contributed by atoms with van der Waals surface area (Å²) in [5, 5.41) is 13.3. The number of thioether (sulfide) groups is 1. The second-order valence-electron chi connectivity index (χ2n) is 7.06. The van der Waals surface area contributed by atoms with Crippen molar-refractivity contribution in [2.75, 3.05) is 6.61 Å². The molecule has 1 unspecified atom stereocenters. The van der Waals surface area contributed by atoms with Crippen LogP contribution < -0.4 is 9.47 Å². The molecule has 0 spiro atoms. The number of benzene rings is 2. The minimum Gasteiger partial charge on any atom is -0.485 e. The van der Waals surface area contributed by atoms with E-state index in [-0.39, 0.29) is 0 Å². The van der Waals surface area contributed by atoms with Gasteiger partial charge in [0.25, 0.3) is 11.1 Å². The van der Waals surface area contributed by atoms with Gasteiger partial charge in [0.05, 0.1) is 11.4 Å². The number of ether oxygens (including phenoxy) is 2. The van der Waals surface area contributed by atoms with Crippen molar-refractivity contribution in [1.29, 1.82) is 0 Å². The predicted octanol–water partition coefficient (Wildman–Crippen LogP) is 4.68. The van der Waals surface area contributed by atoms with E-state index >= 15 is 0 Å². The Balaban J connectivity index is 1.22.